The van der Waals surface area contributed by atoms with Crippen molar-refractivity contribution in [2.45, 2.75) is 6.54 Å². The van der Waals surface area contributed by atoms with Crippen molar-refractivity contribution >= 4 is 23.4 Å². The van der Waals surface area contributed by atoms with Crippen LogP contribution in [0.15, 0.2) is 40.6 Å². The van der Waals surface area contributed by atoms with Crippen molar-refractivity contribution in [3.05, 3.63) is 62.5 Å². The summed E-state index contributed by atoms with van der Waals surface area (Å²) in [5.41, 5.74) is 0.912. The van der Waals surface area contributed by atoms with E-state index < -0.39 is 11.8 Å². The molecular formula is C13H10FNO3S. The van der Waals surface area contributed by atoms with Gasteiger partial charge in [-0.15, -0.1) is 0 Å². The van der Waals surface area contributed by atoms with Gasteiger partial charge in [0.05, 0.1) is 6.54 Å². The second kappa shape index (κ2) is 5.62. The van der Waals surface area contributed by atoms with Crippen LogP contribution in [0, 0.1) is 5.82 Å². The van der Waals surface area contributed by atoms with Crippen molar-refractivity contribution in [1.82, 2.24) is 4.57 Å². The maximum Gasteiger partial charge on any atom is 0.328 e. The van der Waals surface area contributed by atoms with E-state index in [0.29, 0.717) is 6.54 Å². The van der Waals surface area contributed by atoms with E-state index in [-0.39, 0.29) is 10.4 Å². The number of carboxylic acids is 1. The maximum atomic E-state index is 13.5. The van der Waals surface area contributed by atoms with Gasteiger partial charge in [-0.25, -0.2) is 9.18 Å². The Labute approximate surface area is 112 Å². The Morgan fingerprint density at radius 1 is 1.47 bits per heavy atom. The van der Waals surface area contributed by atoms with Crippen LogP contribution in [0.25, 0.3) is 6.08 Å². The molecule has 0 saturated heterocycles. The molecule has 0 spiro atoms. The third-order valence-corrected chi connectivity index (χ3v) is 3.16. The van der Waals surface area contributed by atoms with Crippen molar-refractivity contribution in [1.29, 1.82) is 0 Å². The third-order valence-electron chi connectivity index (χ3n) is 2.46. The number of halogens is 1. The number of hydrogen-bond acceptors (Lipinski definition) is 3. The number of nitrogens with zero attached hydrogens (tertiary/aromatic N) is 1. The first kappa shape index (κ1) is 13.2. The van der Waals surface area contributed by atoms with Crippen LogP contribution < -0.4 is 4.87 Å². The van der Waals surface area contributed by atoms with E-state index in [0.717, 1.165) is 23.0 Å². The third kappa shape index (κ3) is 3.38. The lowest BCUT2D eigenvalue weighted by molar-refractivity contribution is -0.131. The number of hydrogen-bond donors (Lipinski definition) is 1. The van der Waals surface area contributed by atoms with Gasteiger partial charge in [-0.2, -0.15) is 0 Å². The van der Waals surface area contributed by atoms with Gasteiger partial charge in [-0.1, -0.05) is 17.4 Å². The Balaban J connectivity index is 2.28. The lowest BCUT2D eigenvalue weighted by Crippen LogP contribution is -2.12. The highest BCUT2D eigenvalue weighted by Gasteiger charge is 2.04. The van der Waals surface area contributed by atoms with E-state index in [9.17, 15) is 14.0 Å². The molecule has 0 radical (unpaired) electrons. The Kier molecular flexibility index (Phi) is 3.91. The molecular weight excluding hydrogens is 269 g/mol. The highest BCUT2D eigenvalue weighted by molar-refractivity contribution is 7.07. The fourth-order valence-corrected chi connectivity index (χ4v) is 2.17. The van der Waals surface area contributed by atoms with Crippen molar-refractivity contribution in [3.63, 3.8) is 0 Å². The summed E-state index contributed by atoms with van der Waals surface area (Å²) in [5.74, 6) is -1.64. The predicted molar refractivity (Wildman–Crippen MR) is 70.8 cm³/mol. The number of carbonyl (C=O) groups is 1. The molecule has 1 heterocycles. The first-order valence-corrected chi connectivity index (χ1v) is 6.27. The lowest BCUT2D eigenvalue weighted by atomic mass is 10.1. The van der Waals surface area contributed by atoms with E-state index in [4.69, 9.17) is 5.11 Å². The van der Waals surface area contributed by atoms with Gasteiger partial charge in [0, 0.05) is 23.2 Å². The van der Waals surface area contributed by atoms with Crippen LogP contribution in [-0.2, 0) is 11.3 Å². The molecule has 2 rings (SSSR count). The number of aromatic nitrogens is 1. The minimum absolute atomic E-state index is 0.0908. The number of carboxylic acid groups (broad SMARTS) is 1. The SMILES string of the molecule is O=C(O)C=Cc1cc(Cn2ccsc2=O)ccc1F. The van der Waals surface area contributed by atoms with Gasteiger partial charge in [0.25, 0.3) is 0 Å². The van der Waals surface area contributed by atoms with Crippen LogP contribution >= 0.6 is 11.3 Å². The second-order valence-electron chi connectivity index (χ2n) is 3.82. The Hall–Kier alpha value is -2.21. The molecule has 4 nitrogen and oxygen atoms in total. The summed E-state index contributed by atoms with van der Waals surface area (Å²) in [6.07, 6.45) is 3.72. The summed E-state index contributed by atoms with van der Waals surface area (Å²) in [7, 11) is 0. The molecule has 1 aromatic carbocycles. The quantitative estimate of drug-likeness (QED) is 0.873. The van der Waals surface area contributed by atoms with E-state index in [1.54, 1.807) is 17.6 Å². The fourth-order valence-electron chi connectivity index (χ4n) is 1.58. The van der Waals surface area contributed by atoms with Crippen LogP contribution in [0.3, 0.4) is 0 Å². The number of benzene rings is 1. The summed E-state index contributed by atoms with van der Waals surface area (Å²) in [5, 5.41) is 10.2. The van der Waals surface area contributed by atoms with Crippen molar-refractivity contribution in [2.75, 3.05) is 0 Å². The van der Waals surface area contributed by atoms with E-state index in [1.807, 2.05) is 0 Å². The van der Waals surface area contributed by atoms with Crippen LogP contribution in [-0.4, -0.2) is 15.6 Å². The van der Waals surface area contributed by atoms with Crippen molar-refractivity contribution < 1.29 is 14.3 Å². The van der Waals surface area contributed by atoms with Gasteiger partial charge < -0.3 is 9.67 Å². The lowest BCUT2D eigenvalue weighted by Gasteiger charge is -2.04. The second-order valence-corrected chi connectivity index (χ2v) is 4.68. The molecule has 1 aromatic heterocycles. The zero-order chi connectivity index (χ0) is 13.8. The summed E-state index contributed by atoms with van der Waals surface area (Å²) in [6, 6.07) is 4.35. The standard InChI is InChI=1S/C13H10FNO3S/c14-11-3-1-9(7-10(11)2-4-12(16)17)8-15-5-6-19-13(15)18/h1-7H,8H2,(H,16,17). The molecule has 0 amide bonds. The normalized spacial score (nSPS) is 11.0. The number of aliphatic carboxylic acids is 1. The minimum Gasteiger partial charge on any atom is -0.478 e. The van der Waals surface area contributed by atoms with Crippen LogP contribution in [0.1, 0.15) is 11.1 Å². The highest BCUT2D eigenvalue weighted by atomic mass is 32.1. The molecule has 0 atom stereocenters. The monoisotopic (exact) mass is 279 g/mol. The molecule has 1 N–H and O–H groups in total. The molecule has 0 saturated carbocycles. The molecule has 0 bridgehead atoms. The average Bonchev–Trinajstić information content (AvgIpc) is 2.75. The largest absolute Gasteiger partial charge is 0.478 e. The molecule has 2 aromatic rings. The topological polar surface area (TPSA) is 59.3 Å². The zero-order valence-electron chi connectivity index (χ0n) is 9.75. The van der Waals surface area contributed by atoms with Gasteiger partial charge in [0.2, 0.25) is 0 Å². The van der Waals surface area contributed by atoms with Crippen molar-refractivity contribution in [3.8, 4) is 0 Å². The minimum atomic E-state index is -1.14. The number of rotatable bonds is 4. The molecule has 0 aliphatic heterocycles. The van der Waals surface area contributed by atoms with Gasteiger partial charge >= 0.3 is 10.8 Å². The van der Waals surface area contributed by atoms with E-state index >= 15 is 0 Å². The van der Waals surface area contributed by atoms with Gasteiger partial charge in [-0.05, 0) is 23.8 Å². The first-order valence-electron chi connectivity index (χ1n) is 5.39. The smallest absolute Gasteiger partial charge is 0.328 e. The van der Waals surface area contributed by atoms with Crippen LogP contribution in [0.5, 0.6) is 0 Å². The predicted octanol–water partition coefficient (Wildman–Crippen LogP) is 2.20. The zero-order valence-corrected chi connectivity index (χ0v) is 10.6. The van der Waals surface area contributed by atoms with Crippen molar-refractivity contribution in [2.24, 2.45) is 0 Å². The Morgan fingerprint density at radius 2 is 2.26 bits per heavy atom. The highest BCUT2D eigenvalue weighted by Crippen LogP contribution is 2.13. The molecule has 98 valence electrons. The molecule has 0 aliphatic rings. The molecule has 19 heavy (non-hydrogen) atoms. The Morgan fingerprint density at radius 3 is 2.89 bits per heavy atom. The molecule has 0 unspecified atom stereocenters. The number of thiazole rings is 1. The van der Waals surface area contributed by atoms with Gasteiger partial charge in [0.15, 0.2) is 0 Å². The fraction of sp³-hybridized carbons (Fsp3) is 0.0769. The first-order chi connectivity index (χ1) is 9.06. The van der Waals surface area contributed by atoms with Gasteiger partial charge in [0.1, 0.15) is 5.82 Å². The summed E-state index contributed by atoms with van der Waals surface area (Å²) >= 11 is 1.09. The van der Waals surface area contributed by atoms with E-state index in [1.165, 1.54) is 22.8 Å². The average molecular weight is 279 g/mol. The maximum absolute atomic E-state index is 13.5. The summed E-state index contributed by atoms with van der Waals surface area (Å²) in [4.78, 5) is 21.7. The van der Waals surface area contributed by atoms with E-state index in [2.05, 4.69) is 0 Å². The molecule has 6 heteroatoms. The molecule has 0 aliphatic carbocycles. The summed E-state index contributed by atoms with van der Waals surface area (Å²) in [6.45, 7) is 0.330. The molecule has 0 fully saturated rings. The van der Waals surface area contributed by atoms with Gasteiger partial charge in [-0.3, -0.25) is 4.79 Å². The van der Waals surface area contributed by atoms with Crippen LogP contribution in [0.2, 0.25) is 0 Å². The van der Waals surface area contributed by atoms with Crippen LogP contribution in [0.4, 0.5) is 4.39 Å². The Bertz CT molecular complexity index is 687. The summed E-state index contributed by atoms with van der Waals surface area (Å²) < 4.78 is 15.0.